The third kappa shape index (κ3) is 4.31. The van der Waals surface area contributed by atoms with Crippen molar-refractivity contribution in [1.29, 1.82) is 0 Å². The Morgan fingerprint density at radius 3 is 2.80 bits per heavy atom. The summed E-state index contributed by atoms with van der Waals surface area (Å²) < 4.78 is 20.7. The standard InChI is InChI=1S/C16H17FN4O2.2ClH/c1-21-13-4-2-3-12(17)15(13)20-14(21)5-6-19-16(22)10-7-11(8-18)23-9-10;;/h2-4,7,9H,5-6,8,18H2,1H3,(H,19,22);2*1H. The number of imidazole rings is 1. The number of nitrogens with one attached hydrogen (secondary N) is 1. The summed E-state index contributed by atoms with van der Waals surface area (Å²) in [7, 11) is 1.83. The molecule has 0 radical (unpaired) electrons. The van der Waals surface area contributed by atoms with Crippen LogP contribution in [0.15, 0.2) is 34.9 Å². The van der Waals surface area contributed by atoms with E-state index >= 15 is 0 Å². The number of hydrogen-bond acceptors (Lipinski definition) is 4. The van der Waals surface area contributed by atoms with Gasteiger partial charge in [-0.1, -0.05) is 6.07 Å². The van der Waals surface area contributed by atoms with Crippen molar-refractivity contribution in [3.05, 3.63) is 53.5 Å². The van der Waals surface area contributed by atoms with Gasteiger partial charge in [-0.2, -0.15) is 0 Å². The number of aromatic nitrogens is 2. The second-order valence-corrected chi connectivity index (χ2v) is 5.21. The van der Waals surface area contributed by atoms with Crippen molar-refractivity contribution >= 4 is 41.8 Å². The van der Waals surface area contributed by atoms with Crippen molar-refractivity contribution in [2.45, 2.75) is 13.0 Å². The van der Waals surface area contributed by atoms with E-state index < -0.39 is 0 Å². The topological polar surface area (TPSA) is 86.1 Å². The molecule has 136 valence electrons. The van der Waals surface area contributed by atoms with Gasteiger partial charge >= 0.3 is 0 Å². The van der Waals surface area contributed by atoms with Crippen molar-refractivity contribution in [3.63, 3.8) is 0 Å². The van der Waals surface area contributed by atoms with Crippen LogP contribution in [0.1, 0.15) is 21.9 Å². The second-order valence-electron chi connectivity index (χ2n) is 5.21. The highest BCUT2D eigenvalue weighted by atomic mass is 35.5. The van der Waals surface area contributed by atoms with Gasteiger partial charge in [0, 0.05) is 20.0 Å². The van der Waals surface area contributed by atoms with E-state index in [2.05, 4.69) is 10.3 Å². The van der Waals surface area contributed by atoms with Crippen molar-refractivity contribution in [1.82, 2.24) is 14.9 Å². The van der Waals surface area contributed by atoms with E-state index in [0.717, 1.165) is 5.52 Å². The van der Waals surface area contributed by atoms with E-state index in [0.29, 0.717) is 35.6 Å². The molecule has 1 amide bonds. The zero-order valence-electron chi connectivity index (χ0n) is 13.5. The number of para-hydroxylation sites is 1. The first kappa shape index (κ1) is 21.0. The van der Waals surface area contributed by atoms with E-state index in [1.54, 1.807) is 12.1 Å². The number of halogens is 3. The van der Waals surface area contributed by atoms with Gasteiger partial charge in [-0.05, 0) is 18.2 Å². The summed E-state index contributed by atoms with van der Waals surface area (Å²) in [4.78, 5) is 16.3. The normalized spacial score (nSPS) is 10.2. The number of carbonyl (C=O) groups is 1. The summed E-state index contributed by atoms with van der Waals surface area (Å²) in [6.45, 7) is 0.638. The predicted molar refractivity (Wildman–Crippen MR) is 97.8 cm³/mol. The molecule has 0 aliphatic heterocycles. The van der Waals surface area contributed by atoms with Gasteiger partial charge in [0.1, 0.15) is 23.4 Å². The highest BCUT2D eigenvalue weighted by Crippen LogP contribution is 2.18. The van der Waals surface area contributed by atoms with E-state index in [-0.39, 0.29) is 43.1 Å². The second kappa shape index (κ2) is 8.84. The van der Waals surface area contributed by atoms with Gasteiger partial charge < -0.3 is 20.0 Å². The maximum absolute atomic E-state index is 13.7. The van der Waals surface area contributed by atoms with E-state index in [1.807, 2.05) is 17.7 Å². The Morgan fingerprint density at radius 1 is 1.40 bits per heavy atom. The van der Waals surface area contributed by atoms with Gasteiger partial charge in [-0.15, -0.1) is 24.8 Å². The molecular weight excluding hydrogens is 370 g/mol. The number of fused-ring (bicyclic) bond motifs is 1. The lowest BCUT2D eigenvalue weighted by molar-refractivity contribution is 0.0953. The average molecular weight is 389 g/mol. The van der Waals surface area contributed by atoms with E-state index in [9.17, 15) is 9.18 Å². The van der Waals surface area contributed by atoms with Crippen molar-refractivity contribution in [2.75, 3.05) is 6.54 Å². The van der Waals surface area contributed by atoms with Crippen LogP contribution in [-0.4, -0.2) is 22.0 Å². The molecule has 6 nitrogen and oxygen atoms in total. The molecular formula is C16H19Cl2FN4O2. The maximum Gasteiger partial charge on any atom is 0.254 e. The summed E-state index contributed by atoms with van der Waals surface area (Å²) in [5.41, 5.74) is 6.95. The Hall–Kier alpha value is -2.09. The summed E-state index contributed by atoms with van der Waals surface area (Å²) in [6.07, 6.45) is 1.87. The molecule has 25 heavy (non-hydrogen) atoms. The number of aryl methyl sites for hydroxylation is 1. The fraction of sp³-hybridized carbons (Fsp3) is 0.250. The van der Waals surface area contributed by atoms with E-state index in [1.165, 1.54) is 12.3 Å². The minimum absolute atomic E-state index is 0. The van der Waals surface area contributed by atoms with Crippen molar-refractivity contribution in [3.8, 4) is 0 Å². The molecule has 0 atom stereocenters. The molecule has 0 saturated carbocycles. The number of nitrogens with two attached hydrogens (primary N) is 1. The van der Waals surface area contributed by atoms with Gasteiger partial charge in [-0.25, -0.2) is 9.37 Å². The predicted octanol–water partition coefficient (Wildman–Crippen LogP) is 2.58. The number of furan rings is 1. The third-order valence-electron chi connectivity index (χ3n) is 3.71. The highest BCUT2D eigenvalue weighted by molar-refractivity contribution is 5.93. The Morgan fingerprint density at radius 2 is 2.16 bits per heavy atom. The summed E-state index contributed by atoms with van der Waals surface area (Å²) in [5.74, 6) is 0.681. The fourth-order valence-electron chi connectivity index (χ4n) is 2.45. The smallest absolute Gasteiger partial charge is 0.254 e. The first-order valence-electron chi connectivity index (χ1n) is 7.25. The molecule has 0 unspecified atom stereocenters. The van der Waals surface area contributed by atoms with Crippen LogP contribution in [0.25, 0.3) is 11.0 Å². The van der Waals surface area contributed by atoms with Gasteiger partial charge in [0.05, 0.1) is 17.6 Å². The first-order valence-corrected chi connectivity index (χ1v) is 7.25. The molecule has 3 N–H and O–H groups in total. The third-order valence-corrected chi connectivity index (χ3v) is 3.71. The average Bonchev–Trinajstić information content (AvgIpc) is 3.14. The van der Waals surface area contributed by atoms with Crippen LogP contribution >= 0.6 is 24.8 Å². The SMILES string of the molecule is Cl.Cl.Cn1c(CCNC(=O)c2coc(CN)c2)nc2c(F)cccc21. The lowest BCUT2D eigenvalue weighted by Crippen LogP contribution is -2.26. The number of rotatable bonds is 5. The number of amides is 1. The van der Waals surface area contributed by atoms with Crippen LogP contribution in [0.2, 0.25) is 0 Å². The molecule has 0 spiro atoms. The highest BCUT2D eigenvalue weighted by Gasteiger charge is 2.12. The molecule has 0 bridgehead atoms. The number of benzene rings is 1. The lowest BCUT2D eigenvalue weighted by Gasteiger charge is -2.04. The largest absolute Gasteiger partial charge is 0.467 e. The number of hydrogen-bond donors (Lipinski definition) is 2. The molecule has 0 aliphatic carbocycles. The van der Waals surface area contributed by atoms with Crippen LogP contribution in [-0.2, 0) is 20.0 Å². The van der Waals surface area contributed by atoms with Crippen LogP contribution in [0.3, 0.4) is 0 Å². The molecule has 0 fully saturated rings. The molecule has 2 aromatic heterocycles. The van der Waals surface area contributed by atoms with Gasteiger partial charge in [0.2, 0.25) is 0 Å². The summed E-state index contributed by atoms with van der Waals surface area (Å²) in [6, 6.07) is 6.46. The van der Waals surface area contributed by atoms with Crippen molar-refractivity contribution < 1.29 is 13.6 Å². The van der Waals surface area contributed by atoms with Crippen LogP contribution in [0, 0.1) is 5.82 Å². The van der Waals surface area contributed by atoms with Gasteiger partial charge in [-0.3, -0.25) is 4.79 Å². The Balaban J connectivity index is 0.00000156. The molecule has 1 aromatic carbocycles. The quantitative estimate of drug-likeness (QED) is 0.703. The summed E-state index contributed by atoms with van der Waals surface area (Å²) >= 11 is 0. The zero-order valence-corrected chi connectivity index (χ0v) is 15.1. The van der Waals surface area contributed by atoms with Gasteiger partial charge in [0.25, 0.3) is 5.91 Å². The molecule has 2 heterocycles. The Labute approximate surface area is 156 Å². The minimum Gasteiger partial charge on any atom is -0.467 e. The van der Waals surface area contributed by atoms with Crippen LogP contribution in [0.4, 0.5) is 4.39 Å². The van der Waals surface area contributed by atoms with E-state index in [4.69, 9.17) is 10.2 Å². The molecule has 3 aromatic rings. The lowest BCUT2D eigenvalue weighted by atomic mass is 10.3. The molecule has 0 aliphatic rings. The molecule has 0 saturated heterocycles. The zero-order chi connectivity index (χ0) is 16.4. The van der Waals surface area contributed by atoms with Crippen LogP contribution < -0.4 is 11.1 Å². The fourth-order valence-corrected chi connectivity index (χ4v) is 2.45. The number of carbonyl (C=O) groups excluding carboxylic acids is 1. The van der Waals surface area contributed by atoms with Crippen molar-refractivity contribution in [2.24, 2.45) is 12.8 Å². The monoisotopic (exact) mass is 388 g/mol. The summed E-state index contributed by atoms with van der Waals surface area (Å²) in [5, 5.41) is 2.78. The van der Waals surface area contributed by atoms with Crippen LogP contribution in [0.5, 0.6) is 0 Å². The molecule has 3 rings (SSSR count). The van der Waals surface area contributed by atoms with Gasteiger partial charge in [0.15, 0.2) is 5.82 Å². The molecule has 9 heteroatoms. The maximum atomic E-state index is 13.7. The number of nitrogens with zero attached hydrogens (tertiary/aromatic N) is 2. The Kier molecular flexibility index (Phi) is 7.41. The Bertz CT molecular complexity index is 863. The minimum atomic E-state index is -0.346. The first-order chi connectivity index (χ1) is 11.1.